The fourth-order valence-corrected chi connectivity index (χ4v) is 2.18. The van der Waals surface area contributed by atoms with Gasteiger partial charge in [-0.25, -0.2) is 4.98 Å². The van der Waals surface area contributed by atoms with Crippen LogP contribution in [0.2, 0.25) is 0 Å². The molecule has 0 saturated heterocycles. The molecule has 1 aliphatic carbocycles. The van der Waals surface area contributed by atoms with Crippen molar-refractivity contribution >= 4 is 22.4 Å². The summed E-state index contributed by atoms with van der Waals surface area (Å²) in [5, 5.41) is 14.2. The second-order valence-corrected chi connectivity index (χ2v) is 5.20. The number of nitrogens with one attached hydrogen (secondary N) is 1. The van der Waals surface area contributed by atoms with Gasteiger partial charge in [-0.2, -0.15) is 0 Å². The van der Waals surface area contributed by atoms with Crippen LogP contribution in [0.25, 0.3) is 0 Å². The zero-order chi connectivity index (χ0) is 13.0. The lowest BCUT2D eigenvalue weighted by Gasteiger charge is -2.04. The van der Waals surface area contributed by atoms with Crippen LogP contribution in [0.3, 0.4) is 0 Å². The van der Waals surface area contributed by atoms with Gasteiger partial charge >= 0.3 is 5.97 Å². The minimum Gasteiger partial charge on any atom is -0.480 e. The van der Waals surface area contributed by atoms with E-state index in [1.165, 1.54) is 24.2 Å². The molecule has 1 aliphatic rings. The Labute approximate surface area is 109 Å². The van der Waals surface area contributed by atoms with Gasteiger partial charge in [-0.1, -0.05) is 0 Å². The largest absolute Gasteiger partial charge is 0.480 e. The summed E-state index contributed by atoms with van der Waals surface area (Å²) < 4.78 is 5.47. The van der Waals surface area contributed by atoms with Crippen molar-refractivity contribution in [1.29, 1.82) is 0 Å². The summed E-state index contributed by atoms with van der Waals surface area (Å²) in [6.07, 6.45) is 2.58. The molecule has 7 heteroatoms. The molecule has 6 nitrogen and oxygen atoms in total. The fourth-order valence-electron chi connectivity index (χ4n) is 1.40. The predicted octanol–water partition coefficient (Wildman–Crippen LogP) is 1.07. The molecule has 100 valence electrons. The Morgan fingerprint density at radius 1 is 1.72 bits per heavy atom. The van der Waals surface area contributed by atoms with Gasteiger partial charge in [0.2, 0.25) is 0 Å². The molecule has 0 radical (unpaired) electrons. The number of hydrogen-bond acceptors (Lipinski definition) is 6. The van der Waals surface area contributed by atoms with Gasteiger partial charge in [-0.3, -0.25) is 4.79 Å². The highest BCUT2D eigenvalue weighted by Crippen LogP contribution is 2.28. The zero-order valence-electron chi connectivity index (χ0n) is 9.96. The van der Waals surface area contributed by atoms with Crippen molar-refractivity contribution in [2.45, 2.75) is 18.9 Å². The third-order valence-electron chi connectivity index (χ3n) is 2.68. The van der Waals surface area contributed by atoms with Crippen molar-refractivity contribution in [3.63, 3.8) is 0 Å². The van der Waals surface area contributed by atoms with Gasteiger partial charge in [0.1, 0.15) is 6.04 Å². The molecule has 0 amide bonds. The lowest BCUT2D eigenvalue weighted by Crippen LogP contribution is -2.21. The standard InChI is InChI=1S/C11H17N3O3S/c12-9(10(15)16)8-6-18-11(14-8)13-3-4-17-5-7-1-2-7/h6-7,9H,1-5,12H2,(H,13,14)(H,15,16). The molecule has 1 aromatic heterocycles. The molecule has 0 aromatic carbocycles. The first-order valence-electron chi connectivity index (χ1n) is 5.92. The van der Waals surface area contributed by atoms with Crippen molar-refractivity contribution in [1.82, 2.24) is 4.98 Å². The van der Waals surface area contributed by atoms with E-state index in [1.54, 1.807) is 5.38 Å². The molecule has 0 aliphatic heterocycles. The van der Waals surface area contributed by atoms with Crippen LogP contribution in [0.1, 0.15) is 24.6 Å². The average molecular weight is 271 g/mol. The summed E-state index contributed by atoms with van der Waals surface area (Å²) in [6.45, 7) is 2.15. The smallest absolute Gasteiger partial charge is 0.326 e. The number of ether oxygens (including phenoxy) is 1. The molecule has 1 unspecified atom stereocenters. The first-order valence-corrected chi connectivity index (χ1v) is 6.80. The van der Waals surface area contributed by atoms with E-state index in [2.05, 4.69) is 10.3 Å². The monoisotopic (exact) mass is 271 g/mol. The number of nitrogens with two attached hydrogens (primary N) is 1. The van der Waals surface area contributed by atoms with E-state index >= 15 is 0 Å². The van der Waals surface area contributed by atoms with E-state index in [1.807, 2.05) is 0 Å². The van der Waals surface area contributed by atoms with E-state index in [9.17, 15) is 4.79 Å². The number of thiazole rings is 1. The van der Waals surface area contributed by atoms with E-state index < -0.39 is 12.0 Å². The molecule has 1 heterocycles. The Morgan fingerprint density at radius 2 is 2.50 bits per heavy atom. The van der Waals surface area contributed by atoms with Crippen LogP contribution in [0.4, 0.5) is 5.13 Å². The summed E-state index contributed by atoms with van der Waals surface area (Å²) in [7, 11) is 0. The highest BCUT2D eigenvalue weighted by atomic mass is 32.1. The second-order valence-electron chi connectivity index (χ2n) is 4.34. The fraction of sp³-hybridized carbons (Fsp3) is 0.636. The van der Waals surface area contributed by atoms with Crippen LogP contribution >= 0.6 is 11.3 Å². The molecular weight excluding hydrogens is 254 g/mol. The molecule has 4 N–H and O–H groups in total. The maximum atomic E-state index is 10.7. The molecule has 0 bridgehead atoms. The number of aliphatic carboxylic acids is 1. The third kappa shape index (κ3) is 3.94. The van der Waals surface area contributed by atoms with Crippen molar-refractivity contribution in [3.05, 3.63) is 11.1 Å². The van der Waals surface area contributed by atoms with Gasteiger partial charge in [-0.05, 0) is 18.8 Å². The molecular formula is C11H17N3O3S. The quantitative estimate of drug-likeness (QED) is 0.612. The van der Waals surface area contributed by atoms with Gasteiger partial charge in [0, 0.05) is 18.5 Å². The van der Waals surface area contributed by atoms with Gasteiger partial charge in [0.15, 0.2) is 5.13 Å². The first kappa shape index (κ1) is 13.3. The van der Waals surface area contributed by atoms with Crippen molar-refractivity contribution in [2.75, 3.05) is 25.1 Å². The number of rotatable bonds is 8. The summed E-state index contributed by atoms with van der Waals surface area (Å²) in [5.41, 5.74) is 5.84. The number of nitrogens with zero attached hydrogens (tertiary/aromatic N) is 1. The van der Waals surface area contributed by atoms with Crippen LogP contribution < -0.4 is 11.1 Å². The van der Waals surface area contributed by atoms with Gasteiger partial charge < -0.3 is 20.9 Å². The number of carboxylic acids is 1. The normalized spacial score (nSPS) is 16.5. The van der Waals surface area contributed by atoms with E-state index in [-0.39, 0.29) is 0 Å². The maximum absolute atomic E-state index is 10.7. The Morgan fingerprint density at radius 3 is 3.17 bits per heavy atom. The van der Waals surface area contributed by atoms with Crippen LogP contribution in [0.15, 0.2) is 5.38 Å². The molecule has 0 spiro atoms. The van der Waals surface area contributed by atoms with E-state index in [0.717, 1.165) is 12.5 Å². The Bertz CT molecular complexity index is 406. The van der Waals surface area contributed by atoms with Gasteiger partial charge in [-0.15, -0.1) is 11.3 Å². The summed E-state index contributed by atoms with van der Waals surface area (Å²) in [4.78, 5) is 14.8. The van der Waals surface area contributed by atoms with Crippen molar-refractivity contribution < 1.29 is 14.6 Å². The number of carbonyl (C=O) groups is 1. The van der Waals surface area contributed by atoms with Crippen LogP contribution in [0.5, 0.6) is 0 Å². The first-order chi connectivity index (χ1) is 8.66. The number of carboxylic acid groups (broad SMARTS) is 1. The van der Waals surface area contributed by atoms with Crippen molar-refractivity contribution in [3.8, 4) is 0 Å². The Hall–Kier alpha value is -1.18. The molecule has 18 heavy (non-hydrogen) atoms. The molecule has 2 rings (SSSR count). The van der Waals surface area contributed by atoms with Crippen molar-refractivity contribution in [2.24, 2.45) is 11.7 Å². The maximum Gasteiger partial charge on any atom is 0.326 e. The summed E-state index contributed by atoms with van der Waals surface area (Å²) in [6, 6.07) is -1.05. The Kier molecular flexibility index (Phi) is 4.51. The Balaban J connectivity index is 1.67. The number of anilines is 1. The second kappa shape index (κ2) is 6.12. The van der Waals surface area contributed by atoms with Gasteiger partial charge in [0.25, 0.3) is 0 Å². The number of hydrogen-bond donors (Lipinski definition) is 3. The highest BCUT2D eigenvalue weighted by Gasteiger charge is 2.21. The third-order valence-corrected chi connectivity index (χ3v) is 3.50. The molecule has 1 saturated carbocycles. The SMILES string of the molecule is NC(C(=O)O)c1csc(NCCOCC2CC2)n1. The minimum atomic E-state index is -1.07. The van der Waals surface area contributed by atoms with E-state index in [0.29, 0.717) is 24.0 Å². The lowest BCUT2D eigenvalue weighted by molar-refractivity contribution is -0.138. The van der Waals surface area contributed by atoms with Gasteiger partial charge in [0.05, 0.1) is 12.3 Å². The minimum absolute atomic E-state index is 0.383. The molecule has 1 atom stereocenters. The van der Waals surface area contributed by atoms with Crippen LogP contribution in [-0.2, 0) is 9.53 Å². The molecule has 1 fully saturated rings. The number of aromatic nitrogens is 1. The summed E-state index contributed by atoms with van der Waals surface area (Å²) in [5.74, 6) is -0.301. The topological polar surface area (TPSA) is 97.5 Å². The lowest BCUT2D eigenvalue weighted by atomic mass is 10.2. The summed E-state index contributed by atoms with van der Waals surface area (Å²) >= 11 is 1.35. The van der Waals surface area contributed by atoms with E-state index in [4.69, 9.17) is 15.6 Å². The zero-order valence-corrected chi connectivity index (χ0v) is 10.8. The molecule has 1 aromatic rings. The highest BCUT2D eigenvalue weighted by molar-refractivity contribution is 7.13. The van der Waals surface area contributed by atoms with Crippen LogP contribution in [-0.4, -0.2) is 35.8 Å². The van der Waals surface area contributed by atoms with Crippen LogP contribution in [0, 0.1) is 5.92 Å². The predicted molar refractivity (Wildman–Crippen MR) is 68.7 cm³/mol. The average Bonchev–Trinajstić information content (AvgIpc) is 3.05.